The molecule has 5 heteroatoms. The van der Waals surface area contributed by atoms with Crippen molar-refractivity contribution in [3.8, 4) is 5.75 Å². The SMILES string of the molecule is CCOC(=O)c1ccc2c(c1)/C(=C\c1cc(C(C)(C)C)c(O)c(C(C)(C)C)c1)C(=O)N2. The number of fused-ring (bicyclic) bond motifs is 1. The number of nitrogens with one attached hydrogen (secondary N) is 1. The first-order valence-electron chi connectivity index (χ1n) is 10.6. The number of hydrogen-bond donors (Lipinski definition) is 2. The summed E-state index contributed by atoms with van der Waals surface area (Å²) in [5.74, 6) is -0.347. The van der Waals surface area contributed by atoms with Crippen molar-refractivity contribution in [2.75, 3.05) is 11.9 Å². The minimum Gasteiger partial charge on any atom is -0.507 e. The number of aromatic hydroxyl groups is 1. The molecule has 1 amide bonds. The number of esters is 1. The fraction of sp³-hybridized carbons (Fsp3) is 0.385. The number of ether oxygens (including phenoxy) is 1. The lowest BCUT2D eigenvalue weighted by molar-refractivity contribution is -0.110. The Morgan fingerprint density at radius 1 is 1.03 bits per heavy atom. The zero-order chi connectivity index (χ0) is 23.1. The lowest BCUT2D eigenvalue weighted by Crippen LogP contribution is -2.17. The molecule has 0 saturated heterocycles. The van der Waals surface area contributed by atoms with Gasteiger partial charge in [-0.2, -0.15) is 0 Å². The van der Waals surface area contributed by atoms with E-state index in [0.717, 1.165) is 16.7 Å². The minimum atomic E-state index is -0.418. The molecule has 0 unspecified atom stereocenters. The van der Waals surface area contributed by atoms with Crippen molar-refractivity contribution in [1.29, 1.82) is 0 Å². The van der Waals surface area contributed by atoms with E-state index in [1.807, 2.05) is 18.2 Å². The summed E-state index contributed by atoms with van der Waals surface area (Å²) in [5, 5.41) is 13.8. The number of benzene rings is 2. The van der Waals surface area contributed by atoms with Crippen LogP contribution in [0.4, 0.5) is 5.69 Å². The number of amides is 1. The van der Waals surface area contributed by atoms with Crippen molar-refractivity contribution in [3.63, 3.8) is 0 Å². The van der Waals surface area contributed by atoms with Crippen LogP contribution in [-0.2, 0) is 20.4 Å². The molecule has 0 atom stereocenters. The number of phenols is 1. The van der Waals surface area contributed by atoms with Crippen LogP contribution in [0.2, 0.25) is 0 Å². The van der Waals surface area contributed by atoms with Gasteiger partial charge in [-0.3, -0.25) is 4.79 Å². The third kappa shape index (κ3) is 4.50. The fourth-order valence-electron chi connectivity index (χ4n) is 3.72. The molecule has 3 rings (SSSR count). The highest BCUT2D eigenvalue weighted by Crippen LogP contribution is 2.41. The van der Waals surface area contributed by atoms with Gasteiger partial charge in [0.2, 0.25) is 0 Å². The lowest BCUT2D eigenvalue weighted by atomic mass is 9.78. The standard InChI is InChI=1S/C26H31NO4/c1-8-31-24(30)16-9-10-21-17(14-16)18(23(29)27-21)11-15-12-19(25(2,3)4)22(28)20(13-15)26(5,6)7/h9-14,28H,8H2,1-7H3,(H,27,29)/b18-11+. The average Bonchev–Trinajstić information content (AvgIpc) is 2.96. The normalized spacial score (nSPS) is 15.1. The molecule has 0 fully saturated rings. The maximum absolute atomic E-state index is 12.7. The molecule has 0 radical (unpaired) electrons. The zero-order valence-corrected chi connectivity index (χ0v) is 19.3. The topological polar surface area (TPSA) is 75.6 Å². The first kappa shape index (κ1) is 22.6. The largest absolute Gasteiger partial charge is 0.507 e. The summed E-state index contributed by atoms with van der Waals surface area (Å²) in [5.41, 5.74) is 4.14. The van der Waals surface area contributed by atoms with Gasteiger partial charge < -0.3 is 15.2 Å². The zero-order valence-electron chi connectivity index (χ0n) is 19.3. The highest BCUT2D eigenvalue weighted by molar-refractivity contribution is 6.35. The monoisotopic (exact) mass is 421 g/mol. The van der Waals surface area contributed by atoms with Crippen LogP contribution in [0, 0.1) is 0 Å². The van der Waals surface area contributed by atoms with Crippen LogP contribution in [0.5, 0.6) is 5.75 Å². The summed E-state index contributed by atoms with van der Waals surface area (Å²) >= 11 is 0. The van der Waals surface area contributed by atoms with Gasteiger partial charge in [-0.25, -0.2) is 4.79 Å². The summed E-state index contributed by atoms with van der Waals surface area (Å²) in [4.78, 5) is 24.9. The Balaban J connectivity index is 2.18. The summed E-state index contributed by atoms with van der Waals surface area (Å²) in [6, 6.07) is 8.91. The van der Waals surface area contributed by atoms with Crippen LogP contribution in [0.1, 0.15) is 81.1 Å². The van der Waals surface area contributed by atoms with E-state index in [9.17, 15) is 14.7 Å². The highest BCUT2D eigenvalue weighted by Gasteiger charge is 2.28. The maximum atomic E-state index is 12.7. The Morgan fingerprint density at radius 2 is 1.61 bits per heavy atom. The average molecular weight is 422 g/mol. The molecule has 2 aromatic rings. The molecule has 0 spiro atoms. The van der Waals surface area contributed by atoms with E-state index in [0.29, 0.717) is 28.1 Å². The molecule has 2 N–H and O–H groups in total. The molecule has 0 aromatic heterocycles. The number of carbonyl (C=O) groups is 2. The van der Waals surface area contributed by atoms with Crippen molar-refractivity contribution in [1.82, 2.24) is 0 Å². The van der Waals surface area contributed by atoms with Crippen LogP contribution in [0.25, 0.3) is 11.6 Å². The molecule has 31 heavy (non-hydrogen) atoms. The van der Waals surface area contributed by atoms with Crippen molar-refractivity contribution < 1.29 is 19.4 Å². The predicted octanol–water partition coefficient (Wildman–Crippen LogP) is 5.66. The summed E-state index contributed by atoms with van der Waals surface area (Å²) in [7, 11) is 0. The van der Waals surface area contributed by atoms with Crippen molar-refractivity contribution in [2.24, 2.45) is 0 Å². The second kappa shape index (κ2) is 7.88. The first-order valence-corrected chi connectivity index (χ1v) is 10.6. The van der Waals surface area contributed by atoms with Gasteiger partial charge in [-0.05, 0) is 59.7 Å². The Kier molecular flexibility index (Phi) is 5.74. The van der Waals surface area contributed by atoms with Crippen molar-refractivity contribution >= 4 is 29.2 Å². The molecular formula is C26H31NO4. The molecular weight excluding hydrogens is 390 g/mol. The van der Waals surface area contributed by atoms with Crippen molar-refractivity contribution in [2.45, 2.75) is 59.3 Å². The molecule has 0 aliphatic carbocycles. The van der Waals surface area contributed by atoms with Crippen LogP contribution < -0.4 is 5.32 Å². The number of hydrogen-bond acceptors (Lipinski definition) is 4. The molecule has 2 aromatic carbocycles. The third-order valence-electron chi connectivity index (χ3n) is 5.37. The molecule has 0 saturated carbocycles. The molecule has 164 valence electrons. The van der Waals surface area contributed by atoms with Gasteiger partial charge in [0, 0.05) is 28.0 Å². The molecule has 1 aliphatic heterocycles. The molecule has 5 nitrogen and oxygen atoms in total. The summed E-state index contributed by atoms with van der Waals surface area (Å²) in [6.07, 6.45) is 1.82. The van der Waals surface area contributed by atoms with E-state index in [1.165, 1.54) is 0 Å². The van der Waals surface area contributed by atoms with E-state index in [2.05, 4.69) is 46.9 Å². The Bertz CT molecular complexity index is 1050. The van der Waals surface area contributed by atoms with Gasteiger partial charge in [-0.1, -0.05) is 41.5 Å². The number of phenolic OH excluding ortho intramolecular Hbond substituents is 1. The predicted molar refractivity (Wildman–Crippen MR) is 124 cm³/mol. The Labute approximate surface area is 184 Å². The second-order valence-corrected chi connectivity index (χ2v) is 9.96. The van der Waals surface area contributed by atoms with E-state index in [-0.39, 0.29) is 23.3 Å². The third-order valence-corrected chi connectivity index (χ3v) is 5.37. The summed E-state index contributed by atoms with van der Waals surface area (Å²) in [6.45, 7) is 14.3. The molecule has 1 aliphatic rings. The van der Waals surface area contributed by atoms with E-state index in [1.54, 1.807) is 25.1 Å². The lowest BCUT2D eigenvalue weighted by Gasteiger charge is -2.28. The van der Waals surface area contributed by atoms with Crippen molar-refractivity contribution in [3.05, 3.63) is 58.1 Å². The van der Waals surface area contributed by atoms with E-state index in [4.69, 9.17) is 4.74 Å². The van der Waals surface area contributed by atoms with Gasteiger partial charge >= 0.3 is 5.97 Å². The summed E-state index contributed by atoms with van der Waals surface area (Å²) < 4.78 is 5.10. The quantitative estimate of drug-likeness (QED) is 0.495. The van der Waals surface area contributed by atoms with E-state index >= 15 is 0 Å². The Hall–Kier alpha value is -3.08. The van der Waals surface area contributed by atoms with Gasteiger partial charge in [0.05, 0.1) is 12.2 Å². The van der Waals surface area contributed by atoms with Gasteiger partial charge in [0.1, 0.15) is 5.75 Å². The molecule has 1 heterocycles. The Morgan fingerprint density at radius 3 is 2.13 bits per heavy atom. The number of anilines is 1. The number of carbonyl (C=O) groups excluding carboxylic acids is 2. The highest BCUT2D eigenvalue weighted by atomic mass is 16.5. The van der Waals surface area contributed by atoms with Gasteiger partial charge in [-0.15, -0.1) is 0 Å². The molecule has 0 bridgehead atoms. The van der Waals surface area contributed by atoms with Crippen LogP contribution in [0.15, 0.2) is 30.3 Å². The van der Waals surface area contributed by atoms with Gasteiger partial charge in [0.25, 0.3) is 5.91 Å². The fourth-order valence-corrected chi connectivity index (χ4v) is 3.72. The van der Waals surface area contributed by atoms with Crippen LogP contribution in [-0.4, -0.2) is 23.6 Å². The van der Waals surface area contributed by atoms with E-state index < -0.39 is 5.97 Å². The second-order valence-electron chi connectivity index (χ2n) is 9.96. The number of rotatable bonds is 3. The smallest absolute Gasteiger partial charge is 0.338 e. The minimum absolute atomic E-state index is 0.223. The van der Waals surface area contributed by atoms with Gasteiger partial charge in [0.15, 0.2) is 0 Å². The van der Waals surface area contributed by atoms with Crippen LogP contribution >= 0.6 is 0 Å². The maximum Gasteiger partial charge on any atom is 0.338 e. The van der Waals surface area contributed by atoms with Crippen LogP contribution in [0.3, 0.4) is 0 Å². The first-order chi connectivity index (χ1) is 14.3.